The smallest absolute Gasteiger partial charge is 0.435 e. The molecule has 2 amide bonds. The van der Waals surface area contributed by atoms with Gasteiger partial charge in [0.25, 0.3) is 0 Å². The molecular weight excluding hydrogens is 713 g/mol. The van der Waals surface area contributed by atoms with Gasteiger partial charge in [-0.2, -0.15) is 0 Å². The molecule has 0 aromatic heterocycles. The number of carbonyl (C=O) groups excluding carboxylic acids is 4. The van der Waals surface area contributed by atoms with Gasteiger partial charge in [-0.1, -0.05) is 60.7 Å². The zero-order valence-corrected chi connectivity index (χ0v) is 32.8. The van der Waals surface area contributed by atoms with Crippen LogP contribution in [-0.2, 0) is 19.1 Å². The lowest BCUT2D eigenvalue weighted by Gasteiger charge is -2.34. The van der Waals surface area contributed by atoms with Crippen LogP contribution in [-0.4, -0.2) is 58.5 Å². The SMILES string of the molecule is CC(C)(C)N1OC(=O)N(c2ccccc2)C1c1ccc(C(=O)OCCCCCCOC(=O)c2ccc(C3N(c4ccccc4)C(=O)ON3C(C)(C)C)cc2)cc1. The first-order valence-corrected chi connectivity index (χ1v) is 19.0. The van der Waals surface area contributed by atoms with Crippen LogP contribution in [0.15, 0.2) is 109 Å². The Labute approximate surface area is 328 Å². The van der Waals surface area contributed by atoms with Crippen LogP contribution in [0.5, 0.6) is 0 Å². The third kappa shape index (κ3) is 9.04. The molecule has 2 heterocycles. The number of nitrogens with zero attached hydrogens (tertiary/aromatic N) is 4. The van der Waals surface area contributed by atoms with Crippen molar-refractivity contribution in [1.82, 2.24) is 10.1 Å². The van der Waals surface area contributed by atoms with E-state index in [1.165, 1.54) is 0 Å². The Morgan fingerprint density at radius 3 is 1.18 bits per heavy atom. The average Bonchev–Trinajstić information content (AvgIpc) is 3.74. The van der Waals surface area contributed by atoms with Gasteiger partial charge in [0.2, 0.25) is 0 Å². The summed E-state index contributed by atoms with van der Waals surface area (Å²) in [7, 11) is 0. The van der Waals surface area contributed by atoms with E-state index in [1.54, 1.807) is 44.2 Å². The number of carbonyl (C=O) groups is 4. The van der Waals surface area contributed by atoms with Crippen LogP contribution in [0.1, 0.15) is 111 Å². The lowest BCUT2D eigenvalue weighted by Crippen LogP contribution is -2.42. The largest absolute Gasteiger partial charge is 0.462 e. The molecule has 294 valence electrons. The molecule has 0 N–H and O–H groups in total. The number of benzene rings is 4. The Balaban J connectivity index is 0.937. The summed E-state index contributed by atoms with van der Waals surface area (Å²) >= 11 is 0. The Bertz CT molecular complexity index is 1830. The second-order valence-corrected chi connectivity index (χ2v) is 15.8. The lowest BCUT2D eigenvalue weighted by atomic mass is 10.0. The van der Waals surface area contributed by atoms with Crippen molar-refractivity contribution >= 4 is 35.5 Å². The average molecular weight is 763 g/mol. The summed E-state index contributed by atoms with van der Waals surface area (Å²) in [6, 6.07) is 32.8. The van der Waals surface area contributed by atoms with Gasteiger partial charge in [-0.05, 0) is 127 Å². The van der Waals surface area contributed by atoms with E-state index in [0.29, 0.717) is 35.3 Å². The number of ether oxygens (including phenoxy) is 2. The highest BCUT2D eigenvalue weighted by molar-refractivity contribution is 5.92. The molecule has 12 heteroatoms. The van der Waals surface area contributed by atoms with E-state index < -0.39 is 47.5 Å². The minimum absolute atomic E-state index is 0.267. The first-order valence-electron chi connectivity index (χ1n) is 19.0. The van der Waals surface area contributed by atoms with E-state index in [2.05, 4.69) is 0 Å². The summed E-state index contributed by atoms with van der Waals surface area (Å²) in [5.41, 5.74) is 2.88. The summed E-state index contributed by atoms with van der Waals surface area (Å²) in [5.74, 6) is -0.845. The Hall–Kier alpha value is -5.72. The lowest BCUT2D eigenvalue weighted by molar-refractivity contribution is -0.153. The number of hydrogen-bond donors (Lipinski definition) is 0. The van der Waals surface area contributed by atoms with Crippen LogP contribution in [0.2, 0.25) is 0 Å². The van der Waals surface area contributed by atoms with Gasteiger partial charge < -0.3 is 19.1 Å². The summed E-state index contributed by atoms with van der Waals surface area (Å²) in [4.78, 5) is 66.3. The van der Waals surface area contributed by atoms with E-state index in [4.69, 9.17) is 19.1 Å². The minimum atomic E-state index is -0.522. The van der Waals surface area contributed by atoms with Crippen molar-refractivity contribution in [2.45, 2.75) is 90.6 Å². The summed E-state index contributed by atoms with van der Waals surface area (Å²) < 4.78 is 11.1. The molecule has 0 radical (unpaired) electrons. The number of hydrogen-bond acceptors (Lipinski definition) is 10. The summed E-state index contributed by atoms with van der Waals surface area (Å²) in [5, 5.41) is 3.34. The molecule has 2 aliphatic heterocycles. The molecule has 6 rings (SSSR count). The molecule has 4 aromatic carbocycles. The van der Waals surface area contributed by atoms with Crippen LogP contribution in [0.3, 0.4) is 0 Å². The second-order valence-electron chi connectivity index (χ2n) is 15.8. The van der Waals surface area contributed by atoms with Gasteiger partial charge in [0.1, 0.15) is 0 Å². The maximum atomic E-state index is 13.0. The van der Waals surface area contributed by atoms with E-state index in [9.17, 15) is 19.2 Å². The number of unbranched alkanes of at least 4 members (excludes halogenated alkanes) is 3. The predicted octanol–water partition coefficient (Wildman–Crippen LogP) is 9.60. The van der Waals surface area contributed by atoms with Crippen molar-refractivity contribution in [3.8, 4) is 0 Å². The molecule has 12 nitrogen and oxygen atoms in total. The highest BCUT2D eigenvalue weighted by atomic mass is 16.8. The second kappa shape index (κ2) is 17.0. The first-order chi connectivity index (χ1) is 26.7. The fraction of sp³-hybridized carbons (Fsp3) is 0.364. The monoisotopic (exact) mass is 762 g/mol. The molecule has 0 saturated carbocycles. The molecule has 2 unspecified atom stereocenters. The number of anilines is 2. The third-order valence-corrected chi connectivity index (χ3v) is 9.46. The maximum Gasteiger partial charge on any atom is 0.435 e. The number of esters is 2. The summed E-state index contributed by atoms with van der Waals surface area (Å²) in [6.07, 6.45) is 0.967. The Kier molecular flexibility index (Phi) is 12.1. The van der Waals surface area contributed by atoms with Gasteiger partial charge in [-0.25, -0.2) is 19.2 Å². The van der Waals surface area contributed by atoms with Crippen LogP contribution in [0.4, 0.5) is 21.0 Å². The molecule has 2 fully saturated rings. The molecule has 2 saturated heterocycles. The Morgan fingerprint density at radius 2 is 0.857 bits per heavy atom. The molecule has 2 aliphatic rings. The van der Waals surface area contributed by atoms with Crippen LogP contribution in [0, 0.1) is 0 Å². The minimum Gasteiger partial charge on any atom is -0.462 e. The molecule has 0 aliphatic carbocycles. The first kappa shape index (κ1) is 40.0. The van der Waals surface area contributed by atoms with Crippen molar-refractivity contribution < 1.29 is 38.3 Å². The van der Waals surface area contributed by atoms with Gasteiger partial charge in [0.05, 0.1) is 35.4 Å². The van der Waals surface area contributed by atoms with Gasteiger partial charge in [0.15, 0.2) is 12.3 Å². The van der Waals surface area contributed by atoms with Gasteiger partial charge in [0, 0.05) is 11.4 Å². The Morgan fingerprint density at radius 1 is 0.518 bits per heavy atom. The van der Waals surface area contributed by atoms with E-state index in [0.717, 1.165) is 24.0 Å². The highest BCUT2D eigenvalue weighted by Crippen LogP contribution is 2.42. The predicted molar refractivity (Wildman–Crippen MR) is 211 cm³/mol. The molecular formula is C44H50N4O8. The maximum absolute atomic E-state index is 13.0. The summed E-state index contributed by atoms with van der Waals surface area (Å²) in [6.45, 7) is 12.4. The van der Waals surface area contributed by atoms with Gasteiger partial charge in [-0.3, -0.25) is 9.80 Å². The normalized spacial score (nSPS) is 17.8. The molecule has 56 heavy (non-hydrogen) atoms. The molecule has 4 aromatic rings. The van der Waals surface area contributed by atoms with E-state index in [-0.39, 0.29) is 13.2 Å². The standard InChI is InChI=1S/C44H50N4O8/c1-43(2,3)47-37(45(41(51)55-47)35-17-11-9-12-18-35)31-21-25-33(26-22-31)39(49)53-29-15-7-8-16-30-54-40(50)34-27-23-32(24-28-34)38-46(36-19-13-10-14-20-36)42(52)56-48(38)44(4,5)6/h9-14,17-28,37-38H,7-8,15-16,29-30H2,1-6H3. The van der Waals surface area contributed by atoms with Crippen LogP contribution >= 0.6 is 0 Å². The fourth-order valence-corrected chi connectivity index (χ4v) is 6.65. The van der Waals surface area contributed by atoms with Crippen LogP contribution in [0.25, 0.3) is 0 Å². The topological polar surface area (TPSA) is 118 Å². The van der Waals surface area contributed by atoms with Crippen molar-refractivity contribution in [1.29, 1.82) is 0 Å². The molecule has 0 spiro atoms. The highest BCUT2D eigenvalue weighted by Gasteiger charge is 2.48. The zero-order chi connectivity index (χ0) is 40.0. The number of para-hydroxylation sites is 2. The van der Waals surface area contributed by atoms with Crippen molar-refractivity contribution in [3.05, 3.63) is 131 Å². The van der Waals surface area contributed by atoms with E-state index in [1.807, 2.05) is 126 Å². The van der Waals surface area contributed by atoms with Crippen molar-refractivity contribution in [2.24, 2.45) is 0 Å². The quantitative estimate of drug-likeness (QED) is 0.0963. The number of amides is 2. The van der Waals surface area contributed by atoms with Crippen LogP contribution < -0.4 is 9.80 Å². The fourth-order valence-electron chi connectivity index (χ4n) is 6.65. The van der Waals surface area contributed by atoms with Crippen molar-refractivity contribution in [3.63, 3.8) is 0 Å². The van der Waals surface area contributed by atoms with Crippen molar-refractivity contribution in [2.75, 3.05) is 23.0 Å². The van der Waals surface area contributed by atoms with Gasteiger partial charge >= 0.3 is 24.1 Å². The van der Waals surface area contributed by atoms with E-state index >= 15 is 0 Å². The third-order valence-electron chi connectivity index (χ3n) is 9.46. The zero-order valence-electron chi connectivity index (χ0n) is 32.8. The number of hydroxylamine groups is 4. The molecule has 0 bridgehead atoms. The molecule has 2 atom stereocenters. The van der Waals surface area contributed by atoms with Gasteiger partial charge in [-0.15, -0.1) is 10.1 Å². The number of rotatable bonds is 13.